The van der Waals surface area contributed by atoms with Gasteiger partial charge in [-0.1, -0.05) is 245 Å². The van der Waals surface area contributed by atoms with E-state index in [1.165, 1.54) is 231 Å². The van der Waals surface area contributed by atoms with Gasteiger partial charge in [0.2, 0.25) is 0 Å². The summed E-state index contributed by atoms with van der Waals surface area (Å²) in [7, 11) is 0. The zero-order chi connectivity index (χ0) is 30.4. The van der Waals surface area contributed by atoms with Crippen LogP contribution in [0.25, 0.3) is 0 Å². The van der Waals surface area contributed by atoms with Crippen LogP contribution < -0.4 is 0 Å². The smallest absolute Gasteiger partial charge is 0.0433 e. The normalized spacial score (nSPS) is 12.4. The topological polar surface area (TPSA) is 20.2 Å². The van der Waals surface area contributed by atoms with Gasteiger partial charge in [-0.2, -0.15) is 0 Å². The quantitative estimate of drug-likeness (QED) is 0.0707. The number of aliphatic hydroxyl groups excluding tert-OH is 1. The lowest BCUT2D eigenvalue weighted by Crippen LogP contribution is -2.03. The molecule has 0 spiro atoms. The van der Waals surface area contributed by atoms with Crippen LogP contribution in [0.1, 0.15) is 251 Å². The van der Waals surface area contributed by atoms with Crippen LogP contribution in [0.15, 0.2) is 0 Å². The van der Waals surface area contributed by atoms with Crippen LogP contribution in [-0.2, 0) is 0 Å². The van der Waals surface area contributed by atoms with Gasteiger partial charge in [-0.3, -0.25) is 0 Å². The minimum Gasteiger partial charge on any atom is -0.396 e. The van der Waals surface area contributed by atoms with Crippen molar-refractivity contribution in [3.05, 3.63) is 0 Å². The van der Waals surface area contributed by atoms with Crippen LogP contribution >= 0.6 is 0 Å². The molecule has 0 unspecified atom stereocenters. The van der Waals surface area contributed by atoms with E-state index in [1.807, 2.05) is 0 Å². The first-order valence-corrected chi connectivity index (χ1v) is 20.5. The Labute approximate surface area is 268 Å². The van der Waals surface area contributed by atoms with Crippen molar-refractivity contribution in [1.29, 1.82) is 0 Å². The minimum absolute atomic E-state index is 0.391. The van der Waals surface area contributed by atoms with Crippen molar-refractivity contribution >= 4 is 0 Å². The SMILES string of the molecule is CCCCCCCCCCCCCCCCCCCC[C@@H](CCO)CCCCCCCCCCCCCCCCCC. The third kappa shape index (κ3) is 36.2. The molecule has 1 heteroatoms. The number of hydrogen-bond acceptors (Lipinski definition) is 1. The van der Waals surface area contributed by atoms with Crippen LogP contribution in [0, 0.1) is 5.92 Å². The summed E-state index contributed by atoms with van der Waals surface area (Å²) in [6.45, 7) is 5.00. The van der Waals surface area contributed by atoms with Crippen LogP contribution in [0.3, 0.4) is 0 Å². The van der Waals surface area contributed by atoms with Gasteiger partial charge in [-0.25, -0.2) is 0 Å². The molecule has 0 aromatic rings. The molecule has 0 heterocycles. The lowest BCUT2D eigenvalue weighted by Gasteiger charge is -2.15. The molecule has 0 aromatic heterocycles. The Kier molecular flexibility index (Phi) is 38.9. The Balaban J connectivity index is 3.34. The largest absolute Gasteiger partial charge is 0.396 e. The average molecular weight is 593 g/mol. The van der Waals surface area contributed by atoms with Gasteiger partial charge < -0.3 is 5.11 Å². The van der Waals surface area contributed by atoms with Crippen molar-refractivity contribution in [3.63, 3.8) is 0 Å². The van der Waals surface area contributed by atoms with Gasteiger partial charge in [-0.05, 0) is 12.3 Å². The molecule has 0 saturated heterocycles. The van der Waals surface area contributed by atoms with Gasteiger partial charge in [0.25, 0.3) is 0 Å². The predicted octanol–water partition coefficient (Wildman–Crippen LogP) is 15.1. The summed E-state index contributed by atoms with van der Waals surface area (Å²) in [4.78, 5) is 0. The number of aliphatic hydroxyl groups is 1. The highest BCUT2D eigenvalue weighted by Crippen LogP contribution is 2.22. The van der Waals surface area contributed by atoms with Crippen molar-refractivity contribution in [3.8, 4) is 0 Å². The van der Waals surface area contributed by atoms with E-state index in [1.54, 1.807) is 0 Å². The van der Waals surface area contributed by atoms with Crippen LogP contribution in [0.5, 0.6) is 0 Å². The summed E-state index contributed by atoms with van der Waals surface area (Å²) < 4.78 is 0. The van der Waals surface area contributed by atoms with E-state index in [2.05, 4.69) is 13.8 Å². The summed E-state index contributed by atoms with van der Waals surface area (Å²) in [5.41, 5.74) is 0. The minimum atomic E-state index is 0.391. The average Bonchev–Trinajstić information content (AvgIpc) is 3.00. The molecule has 42 heavy (non-hydrogen) atoms. The maximum atomic E-state index is 9.52. The van der Waals surface area contributed by atoms with Crippen molar-refractivity contribution in [2.45, 2.75) is 251 Å². The summed E-state index contributed by atoms with van der Waals surface area (Å²) in [6.07, 6.45) is 53.0. The molecule has 0 fully saturated rings. The van der Waals surface area contributed by atoms with Crippen molar-refractivity contribution < 1.29 is 5.11 Å². The van der Waals surface area contributed by atoms with Gasteiger partial charge in [0, 0.05) is 6.61 Å². The predicted molar refractivity (Wildman–Crippen MR) is 193 cm³/mol. The molecule has 1 N–H and O–H groups in total. The number of rotatable bonds is 38. The molecule has 0 bridgehead atoms. The lowest BCUT2D eigenvalue weighted by molar-refractivity contribution is 0.241. The van der Waals surface area contributed by atoms with Gasteiger partial charge >= 0.3 is 0 Å². The molecule has 0 amide bonds. The second-order valence-corrected chi connectivity index (χ2v) is 14.3. The van der Waals surface area contributed by atoms with E-state index < -0.39 is 0 Å². The molecule has 254 valence electrons. The lowest BCUT2D eigenvalue weighted by atomic mass is 9.91. The van der Waals surface area contributed by atoms with Crippen LogP contribution in [0.4, 0.5) is 0 Å². The highest BCUT2D eigenvalue weighted by molar-refractivity contribution is 4.61. The number of hydrogen-bond donors (Lipinski definition) is 1. The maximum absolute atomic E-state index is 9.52. The molecule has 0 aromatic carbocycles. The third-order valence-corrected chi connectivity index (χ3v) is 9.97. The molecular weight excluding hydrogens is 508 g/mol. The van der Waals surface area contributed by atoms with E-state index in [-0.39, 0.29) is 0 Å². The maximum Gasteiger partial charge on any atom is 0.0433 e. The van der Waals surface area contributed by atoms with E-state index in [0.29, 0.717) is 6.61 Å². The number of unbranched alkanes of at least 4 members (excludes halogenated alkanes) is 32. The second-order valence-electron chi connectivity index (χ2n) is 14.3. The fourth-order valence-corrected chi connectivity index (χ4v) is 6.93. The zero-order valence-electron chi connectivity index (χ0n) is 29.9. The van der Waals surface area contributed by atoms with Gasteiger partial charge in [-0.15, -0.1) is 0 Å². The first kappa shape index (κ1) is 42.0. The molecule has 0 saturated carbocycles. The summed E-state index contributed by atoms with van der Waals surface area (Å²) in [5.74, 6) is 0.780. The fourth-order valence-electron chi connectivity index (χ4n) is 6.93. The fraction of sp³-hybridized carbons (Fsp3) is 1.00. The zero-order valence-corrected chi connectivity index (χ0v) is 29.9. The van der Waals surface area contributed by atoms with Crippen LogP contribution in [-0.4, -0.2) is 11.7 Å². The Morgan fingerprint density at radius 1 is 0.262 bits per heavy atom. The Bertz CT molecular complexity index is 446. The van der Waals surface area contributed by atoms with Gasteiger partial charge in [0.05, 0.1) is 0 Å². The molecule has 0 radical (unpaired) electrons. The van der Waals surface area contributed by atoms with E-state index in [0.717, 1.165) is 12.3 Å². The molecular formula is C41H84O. The molecule has 0 aliphatic rings. The van der Waals surface area contributed by atoms with Gasteiger partial charge in [0.1, 0.15) is 0 Å². The van der Waals surface area contributed by atoms with E-state index in [9.17, 15) is 5.11 Å². The molecule has 1 atom stereocenters. The molecule has 1 nitrogen and oxygen atoms in total. The third-order valence-electron chi connectivity index (χ3n) is 9.97. The molecule has 0 rings (SSSR count). The molecule has 0 aliphatic carbocycles. The van der Waals surface area contributed by atoms with Gasteiger partial charge in [0.15, 0.2) is 0 Å². The first-order chi connectivity index (χ1) is 20.8. The highest BCUT2D eigenvalue weighted by Gasteiger charge is 2.08. The first-order valence-electron chi connectivity index (χ1n) is 20.5. The van der Waals surface area contributed by atoms with Crippen molar-refractivity contribution in [1.82, 2.24) is 0 Å². The van der Waals surface area contributed by atoms with Crippen molar-refractivity contribution in [2.24, 2.45) is 5.92 Å². The van der Waals surface area contributed by atoms with E-state index in [4.69, 9.17) is 0 Å². The van der Waals surface area contributed by atoms with Crippen LogP contribution in [0.2, 0.25) is 0 Å². The summed E-state index contributed by atoms with van der Waals surface area (Å²) in [6, 6.07) is 0. The monoisotopic (exact) mass is 593 g/mol. The summed E-state index contributed by atoms with van der Waals surface area (Å²) >= 11 is 0. The highest BCUT2D eigenvalue weighted by atomic mass is 16.3. The standard InChI is InChI=1S/C41H84O/c1-3-5-7-9-11-13-15-17-19-21-22-24-26-28-30-32-34-36-38-41(39-40-42)37-35-33-31-29-27-25-23-20-18-16-14-12-10-8-6-4-2/h41-42H,3-40H2,1-2H3/t41-/m0/s1. The molecule has 0 aliphatic heterocycles. The second kappa shape index (κ2) is 39.0. The Morgan fingerprint density at radius 3 is 0.643 bits per heavy atom. The Morgan fingerprint density at radius 2 is 0.452 bits per heavy atom. The Hall–Kier alpha value is -0.0400. The summed E-state index contributed by atoms with van der Waals surface area (Å²) in [5, 5.41) is 9.52. The van der Waals surface area contributed by atoms with Crippen molar-refractivity contribution in [2.75, 3.05) is 6.61 Å². The van der Waals surface area contributed by atoms with E-state index >= 15 is 0 Å².